The molecule has 0 saturated carbocycles. The second-order valence-corrected chi connectivity index (χ2v) is 4.36. The van der Waals surface area contributed by atoms with Gasteiger partial charge in [0.1, 0.15) is 0 Å². The van der Waals surface area contributed by atoms with Crippen molar-refractivity contribution in [2.45, 2.75) is 25.2 Å². The van der Waals surface area contributed by atoms with Gasteiger partial charge in [0.2, 0.25) is 5.91 Å². The zero-order valence-electron chi connectivity index (χ0n) is 10.7. The van der Waals surface area contributed by atoms with E-state index >= 15 is 0 Å². The van der Waals surface area contributed by atoms with Crippen LogP contribution in [0.25, 0.3) is 0 Å². The maximum atomic E-state index is 13.4. The standard InChI is InChI=1S/C12H13F3N2O3.ClH/c13-8-3-6(1-2-10(8)20-12(14)15)17-11(19)9-4-7(18)5-16-9;/h1-3,7,9,12,16,18H,4-5H2,(H,17,19);1H. The quantitative estimate of drug-likeness (QED) is 0.784. The molecular weight excluding hydrogens is 313 g/mol. The van der Waals surface area contributed by atoms with Gasteiger partial charge in [-0.15, -0.1) is 12.4 Å². The highest BCUT2D eigenvalue weighted by Crippen LogP contribution is 2.23. The lowest BCUT2D eigenvalue weighted by Gasteiger charge is -2.12. The molecule has 1 saturated heterocycles. The molecule has 1 aliphatic heterocycles. The highest BCUT2D eigenvalue weighted by molar-refractivity contribution is 5.95. The van der Waals surface area contributed by atoms with Crippen LogP contribution in [0.5, 0.6) is 5.75 Å². The normalized spacial score (nSPS) is 21.0. The van der Waals surface area contributed by atoms with Gasteiger partial charge in [-0.2, -0.15) is 8.78 Å². The summed E-state index contributed by atoms with van der Waals surface area (Å²) in [6.07, 6.45) is -0.328. The topological polar surface area (TPSA) is 70.6 Å². The molecule has 0 aliphatic carbocycles. The van der Waals surface area contributed by atoms with E-state index < -0.39 is 36.2 Å². The lowest BCUT2D eigenvalue weighted by molar-refractivity contribution is -0.117. The Balaban J connectivity index is 0.00000220. The Morgan fingerprint density at radius 3 is 2.71 bits per heavy atom. The summed E-state index contributed by atoms with van der Waals surface area (Å²) in [5.74, 6) is -2.02. The fourth-order valence-corrected chi connectivity index (χ4v) is 1.92. The van der Waals surface area contributed by atoms with Crippen molar-refractivity contribution < 1.29 is 27.8 Å². The highest BCUT2D eigenvalue weighted by Gasteiger charge is 2.28. The van der Waals surface area contributed by atoms with E-state index in [2.05, 4.69) is 15.4 Å². The summed E-state index contributed by atoms with van der Waals surface area (Å²) in [4.78, 5) is 11.8. The zero-order chi connectivity index (χ0) is 14.7. The van der Waals surface area contributed by atoms with Crippen LogP contribution in [0.2, 0.25) is 0 Å². The average Bonchev–Trinajstić information content (AvgIpc) is 2.79. The van der Waals surface area contributed by atoms with Crippen molar-refractivity contribution in [3.63, 3.8) is 0 Å². The minimum absolute atomic E-state index is 0. The summed E-state index contributed by atoms with van der Waals surface area (Å²) in [7, 11) is 0. The predicted octanol–water partition coefficient (Wildman–Crippen LogP) is 1.51. The van der Waals surface area contributed by atoms with Crippen molar-refractivity contribution in [2.75, 3.05) is 11.9 Å². The van der Waals surface area contributed by atoms with E-state index in [0.29, 0.717) is 6.54 Å². The molecule has 1 amide bonds. The molecule has 0 bridgehead atoms. The molecule has 21 heavy (non-hydrogen) atoms. The monoisotopic (exact) mass is 326 g/mol. The SMILES string of the molecule is Cl.O=C(Nc1ccc(OC(F)F)c(F)c1)C1CC(O)CN1. The lowest BCUT2D eigenvalue weighted by Crippen LogP contribution is -2.35. The predicted molar refractivity (Wildman–Crippen MR) is 71.3 cm³/mol. The minimum Gasteiger partial charge on any atom is -0.432 e. The first-order chi connectivity index (χ1) is 9.45. The van der Waals surface area contributed by atoms with E-state index in [0.717, 1.165) is 12.1 Å². The summed E-state index contributed by atoms with van der Waals surface area (Å²) in [5.41, 5.74) is 0.123. The van der Waals surface area contributed by atoms with Crippen molar-refractivity contribution in [3.05, 3.63) is 24.0 Å². The van der Waals surface area contributed by atoms with Gasteiger partial charge in [0.25, 0.3) is 0 Å². The number of carbonyl (C=O) groups excluding carboxylic acids is 1. The molecule has 9 heteroatoms. The van der Waals surface area contributed by atoms with Gasteiger partial charge in [0, 0.05) is 18.3 Å². The number of halogens is 4. The Hall–Kier alpha value is -1.51. The van der Waals surface area contributed by atoms with Gasteiger partial charge in [-0.3, -0.25) is 4.79 Å². The smallest absolute Gasteiger partial charge is 0.387 e. The largest absolute Gasteiger partial charge is 0.432 e. The zero-order valence-corrected chi connectivity index (χ0v) is 11.5. The number of benzene rings is 1. The van der Waals surface area contributed by atoms with E-state index in [9.17, 15) is 23.1 Å². The van der Waals surface area contributed by atoms with Gasteiger partial charge in [-0.25, -0.2) is 4.39 Å². The molecule has 5 nitrogen and oxygen atoms in total. The van der Waals surface area contributed by atoms with Crippen LogP contribution in [0, 0.1) is 5.82 Å². The number of ether oxygens (including phenoxy) is 1. The van der Waals surface area contributed by atoms with Gasteiger partial charge >= 0.3 is 6.61 Å². The molecule has 118 valence electrons. The molecule has 1 aromatic rings. The summed E-state index contributed by atoms with van der Waals surface area (Å²) >= 11 is 0. The number of aliphatic hydroxyl groups is 1. The third-order valence-electron chi connectivity index (χ3n) is 2.84. The number of amides is 1. The second kappa shape index (κ2) is 7.48. The third-order valence-corrected chi connectivity index (χ3v) is 2.84. The first-order valence-electron chi connectivity index (χ1n) is 5.92. The van der Waals surface area contributed by atoms with Gasteiger partial charge < -0.3 is 20.5 Å². The van der Waals surface area contributed by atoms with Crippen molar-refractivity contribution in [1.29, 1.82) is 0 Å². The minimum atomic E-state index is -3.12. The average molecular weight is 327 g/mol. The Bertz CT molecular complexity index is 505. The number of β-amino-alcohol motifs (C(OH)–C–C–N with tert-alkyl or cyclic N) is 1. The van der Waals surface area contributed by atoms with Gasteiger partial charge in [-0.05, 0) is 18.6 Å². The Morgan fingerprint density at radius 1 is 1.48 bits per heavy atom. The molecule has 1 fully saturated rings. The molecule has 2 rings (SSSR count). The van der Waals surface area contributed by atoms with E-state index in [1.54, 1.807) is 0 Å². The first kappa shape index (κ1) is 17.5. The van der Waals surface area contributed by atoms with Crippen LogP contribution >= 0.6 is 12.4 Å². The number of anilines is 1. The molecule has 1 aromatic carbocycles. The number of alkyl halides is 2. The summed E-state index contributed by atoms with van der Waals surface area (Å²) in [6.45, 7) is -2.80. The van der Waals surface area contributed by atoms with Gasteiger partial charge in [-0.1, -0.05) is 0 Å². The highest BCUT2D eigenvalue weighted by atomic mass is 35.5. The number of aliphatic hydroxyl groups excluding tert-OH is 1. The number of rotatable bonds is 4. The van der Waals surface area contributed by atoms with Crippen molar-refractivity contribution in [3.8, 4) is 5.75 Å². The molecule has 0 spiro atoms. The lowest BCUT2D eigenvalue weighted by atomic mass is 10.2. The molecule has 2 atom stereocenters. The van der Waals surface area contributed by atoms with E-state index in [1.807, 2.05) is 0 Å². The Labute approximate surface area is 124 Å². The fourth-order valence-electron chi connectivity index (χ4n) is 1.92. The van der Waals surface area contributed by atoms with Crippen LogP contribution < -0.4 is 15.4 Å². The molecule has 3 N–H and O–H groups in total. The Morgan fingerprint density at radius 2 is 2.19 bits per heavy atom. The van der Waals surface area contributed by atoms with Crippen LogP contribution in [0.1, 0.15) is 6.42 Å². The molecule has 0 aromatic heterocycles. The van der Waals surface area contributed by atoms with Crippen molar-refractivity contribution in [1.82, 2.24) is 5.32 Å². The van der Waals surface area contributed by atoms with E-state index in [-0.39, 0.29) is 24.5 Å². The van der Waals surface area contributed by atoms with Crippen LogP contribution in [0.15, 0.2) is 18.2 Å². The van der Waals surface area contributed by atoms with Crippen LogP contribution in [0.3, 0.4) is 0 Å². The van der Waals surface area contributed by atoms with Gasteiger partial charge in [0.15, 0.2) is 11.6 Å². The van der Waals surface area contributed by atoms with Crippen LogP contribution in [-0.2, 0) is 4.79 Å². The van der Waals surface area contributed by atoms with Crippen molar-refractivity contribution in [2.24, 2.45) is 0 Å². The molecule has 0 radical (unpaired) electrons. The third kappa shape index (κ3) is 4.76. The molecule has 1 aliphatic rings. The van der Waals surface area contributed by atoms with Crippen LogP contribution in [-0.4, -0.2) is 36.3 Å². The van der Waals surface area contributed by atoms with Crippen molar-refractivity contribution >= 4 is 24.0 Å². The number of carbonyl (C=O) groups is 1. The van der Waals surface area contributed by atoms with E-state index in [4.69, 9.17) is 0 Å². The fraction of sp³-hybridized carbons (Fsp3) is 0.417. The van der Waals surface area contributed by atoms with E-state index in [1.165, 1.54) is 6.07 Å². The summed E-state index contributed by atoms with van der Waals surface area (Å²) in [5, 5.41) is 14.5. The number of nitrogens with one attached hydrogen (secondary N) is 2. The first-order valence-corrected chi connectivity index (χ1v) is 5.92. The molecule has 1 heterocycles. The second-order valence-electron chi connectivity index (χ2n) is 4.36. The maximum Gasteiger partial charge on any atom is 0.387 e. The number of hydrogen-bond acceptors (Lipinski definition) is 4. The summed E-state index contributed by atoms with van der Waals surface area (Å²) in [6, 6.07) is 2.59. The summed E-state index contributed by atoms with van der Waals surface area (Å²) < 4.78 is 41.3. The molecule has 2 unspecified atom stereocenters. The van der Waals surface area contributed by atoms with Gasteiger partial charge in [0.05, 0.1) is 12.1 Å². The molecular formula is C12H14ClF3N2O3. The maximum absolute atomic E-state index is 13.4. The number of hydrogen-bond donors (Lipinski definition) is 3. The Kier molecular flexibility index (Phi) is 6.25. The van der Waals surface area contributed by atoms with Crippen LogP contribution in [0.4, 0.5) is 18.9 Å².